The summed E-state index contributed by atoms with van der Waals surface area (Å²) in [6.45, 7) is 6.66. The molecule has 0 spiro atoms. The Morgan fingerprint density at radius 2 is 2.00 bits per heavy atom. The molecule has 4 rings (SSSR count). The third-order valence-corrected chi connectivity index (χ3v) is 6.87. The van der Waals surface area contributed by atoms with Gasteiger partial charge in [-0.15, -0.1) is 20.4 Å². The molecule has 1 atom stereocenters. The van der Waals surface area contributed by atoms with E-state index in [1.807, 2.05) is 18.4 Å². The van der Waals surface area contributed by atoms with E-state index in [1.165, 1.54) is 23.1 Å². The lowest BCUT2D eigenvalue weighted by atomic mass is 10.2. The van der Waals surface area contributed by atoms with Gasteiger partial charge in [0.15, 0.2) is 22.5 Å². The van der Waals surface area contributed by atoms with E-state index in [2.05, 4.69) is 31.0 Å². The molecule has 0 saturated carbocycles. The minimum atomic E-state index is -0.426. The topological polar surface area (TPSA) is 133 Å². The maximum Gasteiger partial charge on any atom is 0.251 e. The molecule has 1 aliphatic rings. The van der Waals surface area contributed by atoms with Gasteiger partial charge in [-0.3, -0.25) is 14.9 Å². The SMILES string of the molecule is CCc1nnc(NC(=O)[C@@H](C)Sc2nnc(CNC(=O)c3ccc4c(c3)OCO4)n2CC)s1. The molecule has 13 heteroatoms. The molecule has 3 heterocycles. The second-order valence-electron chi connectivity index (χ2n) is 7.00. The van der Waals surface area contributed by atoms with Crippen molar-refractivity contribution in [2.45, 2.75) is 50.7 Å². The Hall–Kier alpha value is -3.19. The van der Waals surface area contributed by atoms with Crippen LogP contribution in [0.5, 0.6) is 11.5 Å². The van der Waals surface area contributed by atoms with Gasteiger partial charge in [0.25, 0.3) is 5.91 Å². The standard InChI is InChI=1S/C20H23N7O4S2/c1-4-16-24-25-19(33-16)22-17(28)11(3)32-20-26-23-15(27(20)5-2)9-21-18(29)12-6-7-13-14(8-12)31-10-30-13/h6-8,11H,4-5,9-10H2,1-3H3,(H,21,29)(H,22,25,28)/t11-/m1/s1. The molecule has 1 aliphatic heterocycles. The number of carbonyl (C=O) groups excluding carboxylic acids is 2. The molecule has 2 aromatic heterocycles. The molecular formula is C20H23N7O4S2. The minimum absolute atomic E-state index is 0.150. The zero-order valence-corrected chi connectivity index (χ0v) is 20.0. The predicted molar refractivity (Wildman–Crippen MR) is 123 cm³/mol. The number of hydrogen-bond acceptors (Lipinski definition) is 10. The summed E-state index contributed by atoms with van der Waals surface area (Å²) in [7, 11) is 0. The van der Waals surface area contributed by atoms with Crippen LogP contribution >= 0.6 is 23.1 Å². The number of anilines is 1. The van der Waals surface area contributed by atoms with Crippen molar-refractivity contribution in [1.82, 2.24) is 30.3 Å². The first-order chi connectivity index (χ1) is 16.0. The minimum Gasteiger partial charge on any atom is -0.454 e. The highest BCUT2D eigenvalue weighted by atomic mass is 32.2. The van der Waals surface area contributed by atoms with Gasteiger partial charge in [0.2, 0.25) is 17.8 Å². The van der Waals surface area contributed by atoms with Gasteiger partial charge in [-0.1, -0.05) is 30.0 Å². The highest BCUT2D eigenvalue weighted by Crippen LogP contribution is 2.32. The Kier molecular flexibility index (Phi) is 7.08. The fraction of sp³-hybridized carbons (Fsp3) is 0.400. The molecule has 33 heavy (non-hydrogen) atoms. The Morgan fingerprint density at radius 1 is 1.18 bits per heavy atom. The number of thioether (sulfide) groups is 1. The lowest BCUT2D eigenvalue weighted by Gasteiger charge is -2.12. The van der Waals surface area contributed by atoms with E-state index in [0.29, 0.717) is 39.7 Å². The maximum atomic E-state index is 12.6. The zero-order valence-electron chi connectivity index (χ0n) is 18.3. The summed E-state index contributed by atoms with van der Waals surface area (Å²) >= 11 is 2.65. The molecule has 0 fully saturated rings. The van der Waals surface area contributed by atoms with Crippen molar-refractivity contribution >= 4 is 40.0 Å². The van der Waals surface area contributed by atoms with Gasteiger partial charge in [0, 0.05) is 12.1 Å². The summed E-state index contributed by atoms with van der Waals surface area (Å²) < 4.78 is 12.5. The first-order valence-electron chi connectivity index (χ1n) is 10.4. The van der Waals surface area contributed by atoms with Crippen molar-refractivity contribution in [3.05, 3.63) is 34.6 Å². The van der Waals surface area contributed by atoms with E-state index < -0.39 is 5.25 Å². The second kappa shape index (κ2) is 10.2. The molecular weight excluding hydrogens is 466 g/mol. The molecule has 0 bridgehead atoms. The third kappa shape index (κ3) is 5.25. The lowest BCUT2D eigenvalue weighted by molar-refractivity contribution is -0.115. The van der Waals surface area contributed by atoms with Crippen molar-refractivity contribution < 1.29 is 19.1 Å². The van der Waals surface area contributed by atoms with E-state index in [1.54, 1.807) is 25.1 Å². The average Bonchev–Trinajstić information content (AvgIpc) is 3.56. The number of aromatic nitrogens is 5. The molecule has 2 amide bonds. The van der Waals surface area contributed by atoms with Crippen LogP contribution in [0.4, 0.5) is 5.13 Å². The van der Waals surface area contributed by atoms with Crippen LogP contribution in [0.3, 0.4) is 0 Å². The van der Waals surface area contributed by atoms with Crippen LogP contribution in [0.25, 0.3) is 0 Å². The van der Waals surface area contributed by atoms with Gasteiger partial charge < -0.3 is 19.4 Å². The van der Waals surface area contributed by atoms with Crippen molar-refractivity contribution in [2.24, 2.45) is 0 Å². The van der Waals surface area contributed by atoms with Gasteiger partial charge in [-0.2, -0.15) is 0 Å². The van der Waals surface area contributed by atoms with Crippen LogP contribution in [0, 0.1) is 0 Å². The number of carbonyl (C=O) groups is 2. The molecule has 0 unspecified atom stereocenters. The number of fused-ring (bicyclic) bond motifs is 1. The number of rotatable bonds is 9. The Bertz CT molecular complexity index is 1160. The number of amides is 2. The first kappa shape index (κ1) is 23.0. The van der Waals surface area contributed by atoms with Crippen molar-refractivity contribution in [3.63, 3.8) is 0 Å². The van der Waals surface area contributed by atoms with E-state index in [9.17, 15) is 9.59 Å². The smallest absolute Gasteiger partial charge is 0.251 e. The van der Waals surface area contributed by atoms with E-state index >= 15 is 0 Å². The van der Waals surface area contributed by atoms with E-state index in [-0.39, 0.29) is 25.2 Å². The Morgan fingerprint density at radius 3 is 2.76 bits per heavy atom. The summed E-state index contributed by atoms with van der Waals surface area (Å²) in [5.74, 6) is 1.31. The van der Waals surface area contributed by atoms with Crippen LogP contribution < -0.4 is 20.1 Å². The molecule has 0 aliphatic carbocycles. The molecule has 1 aromatic carbocycles. The molecule has 11 nitrogen and oxygen atoms in total. The van der Waals surface area contributed by atoms with Gasteiger partial charge in [0.05, 0.1) is 11.8 Å². The highest BCUT2D eigenvalue weighted by molar-refractivity contribution is 8.00. The summed E-state index contributed by atoms with van der Waals surface area (Å²) in [6, 6.07) is 5.03. The first-order valence-corrected chi connectivity index (χ1v) is 12.1. The molecule has 0 saturated heterocycles. The molecule has 2 N–H and O–H groups in total. The quantitative estimate of drug-likeness (QED) is 0.435. The van der Waals surface area contributed by atoms with Crippen LogP contribution in [0.1, 0.15) is 42.0 Å². The summed E-state index contributed by atoms with van der Waals surface area (Å²) in [5, 5.41) is 23.6. The van der Waals surface area contributed by atoms with Crippen molar-refractivity contribution in [2.75, 3.05) is 12.1 Å². The van der Waals surface area contributed by atoms with Gasteiger partial charge >= 0.3 is 0 Å². The Labute approximate surface area is 198 Å². The average molecular weight is 490 g/mol. The Balaban J connectivity index is 1.36. The van der Waals surface area contributed by atoms with Crippen molar-refractivity contribution in [3.8, 4) is 11.5 Å². The van der Waals surface area contributed by atoms with E-state index in [0.717, 1.165) is 11.4 Å². The summed E-state index contributed by atoms with van der Waals surface area (Å²) in [6.07, 6.45) is 0.769. The normalized spacial score (nSPS) is 13.1. The summed E-state index contributed by atoms with van der Waals surface area (Å²) in [5.41, 5.74) is 0.463. The summed E-state index contributed by atoms with van der Waals surface area (Å²) in [4.78, 5) is 25.1. The van der Waals surface area contributed by atoms with Crippen LogP contribution in [-0.2, 0) is 24.3 Å². The number of aryl methyl sites for hydroxylation is 1. The zero-order chi connectivity index (χ0) is 23.4. The van der Waals surface area contributed by atoms with Crippen LogP contribution in [0.2, 0.25) is 0 Å². The second-order valence-corrected chi connectivity index (χ2v) is 9.37. The van der Waals surface area contributed by atoms with Crippen LogP contribution in [-0.4, -0.2) is 48.8 Å². The maximum absolute atomic E-state index is 12.6. The van der Waals surface area contributed by atoms with E-state index in [4.69, 9.17) is 9.47 Å². The monoisotopic (exact) mass is 489 g/mol. The van der Waals surface area contributed by atoms with Crippen molar-refractivity contribution in [1.29, 1.82) is 0 Å². The fourth-order valence-electron chi connectivity index (χ4n) is 3.02. The number of nitrogens with zero attached hydrogens (tertiary/aromatic N) is 5. The number of benzene rings is 1. The number of ether oxygens (including phenoxy) is 2. The fourth-order valence-corrected chi connectivity index (χ4v) is 4.63. The largest absolute Gasteiger partial charge is 0.454 e. The lowest BCUT2D eigenvalue weighted by Crippen LogP contribution is -2.25. The third-order valence-electron chi connectivity index (χ3n) is 4.80. The molecule has 174 valence electrons. The highest BCUT2D eigenvalue weighted by Gasteiger charge is 2.22. The number of hydrogen-bond donors (Lipinski definition) is 2. The molecule has 0 radical (unpaired) electrons. The van der Waals surface area contributed by atoms with Gasteiger partial charge in [0.1, 0.15) is 5.01 Å². The van der Waals surface area contributed by atoms with Gasteiger partial charge in [-0.05, 0) is 38.5 Å². The molecule has 3 aromatic rings. The van der Waals surface area contributed by atoms with Gasteiger partial charge in [-0.25, -0.2) is 0 Å². The number of nitrogens with one attached hydrogen (secondary N) is 2. The van der Waals surface area contributed by atoms with Crippen LogP contribution in [0.15, 0.2) is 23.4 Å². The predicted octanol–water partition coefficient (Wildman–Crippen LogP) is 2.49.